The van der Waals surface area contributed by atoms with Crippen LogP contribution in [0, 0.1) is 0 Å². The number of methoxy groups -OCH3 is 1. The summed E-state index contributed by atoms with van der Waals surface area (Å²) in [4.78, 5) is 22.4. The van der Waals surface area contributed by atoms with E-state index in [4.69, 9.17) is 0 Å². The van der Waals surface area contributed by atoms with Gasteiger partial charge in [-0.1, -0.05) is 13.2 Å². The smallest absolute Gasteiger partial charge is 0.374 e. The molecule has 0 spiro atoms. The van der Waals surface area contributed by atoms with Gasteiger partial charge >= 0.3 is 11.9 Å². The average Bonchev–Trinajstić information content (AvgIpc) is 2.16. The summed E-state index contributed by atoms with van der Waals surface area (Å²) >= 11 is 0. The molecular formula is C8H11FO4. The van der Waals surface area contributed by atoms with Crippen LogP contribution in [0.3, 0.4) is 0 Å². The third kappa shape index (κ3) is 10.4. The van der Waals surface area contributed by atoms with Gasteiger partial charge in [-0.05, 0) is 6.92 Å². The Morgan fingerprint density at radius 3 is 1.92 bits per heavy atom. The van der Waals surface area contributed by atoms with Crippen molar-refractivity contribution in [3.8, 4) is 0 Å². The monoisotopic (exact) mass is 190 g/mol. The van der Waals surface area contributed by atoms with Crippen molar-refractivity contribution in [3.05, 3.63) is 24.8 Å². The highest BCUT2D eigenvalue weighted by molar-refractivity contribution is 5.86. The largest absolute Gasteiger partial charge is 0.466 e. The Bertz CT molecular complexity index is 210. The van der Waals surface area contributed by atoms with Crippen LogP contribution < -0.4 is 0 Å². The molecule has 0 saturated heterocycles. The van der Waals surface area contributed by atoms with E-state index in [1.165, 1.54) is 14.0 Å². The molecule has 0 aliphatic carbocycles. The van der Waals surface area contributed by atoms with E-state index in [-0.39, 0.29) is 5.57 Å². The fraction of sp³-hybridized carbons (Fsp3) is 0.250. The maximum absolute atomic E-state index is 10.7. The lowest BCUT2D eigenvalue weighted by Crippen LogP contribution is -1.95. The molecule has 0 saturated carbocycles. The normalized spacial score (nSPS) is 7.31. The number of hydrogen-bond donors (Lipinski definition) is 0. The lowest BCUT2D eigenvalue weighted by Gasteiger charge is -1.84. The van der Waals surface area contributed by atoms with Gasteiger partial charge in [-0.2, -0.15) is 0 Å². The summed E-state index contributed by atoms with van der Waals surface area (Å²) in [5, 5.41) is 0. The van der Waals surface area contributed by atoms with Crippen molar-refractivity contribution >= 4 is 11.9 Å². The highest BCUT2D eigenvalue weighted by atomic mass is 19.3. The predicted octanol–water partition coefficient (Wildman–Crippen LogP) is 1.34. The van der Waals surface area contributed by atoms with Crippen LogP contribution in [0.1, 0.15) is 6.92 Å². The molecule has 74 valence electrons. The van der Waals surface area contributed by atoms with Gasteiger partial charge in [0.05, 0.1) is 7.11 Å². The van der Waals surface area contributed by atoms with Gasteiger partial charge in [-0.15, -0.1) is 0 Å². The Kier molecular flexibility index (Phi) is 9.04. The van der Waals surface area contributed by atoms with E-state index in [0.29, 0.717) is 0 Å². The van der Waals surface area contributed by atoms with Gasteiger partial charge in [-0.25, -0.2) is 14.5 Å². The van der Waals surface area contributed by atoms with E-state index in [0.717, 1.165) is 6.08 Å². The number of halogens is 1. The van der Waals surface area contributed by atoms with Crippen LogP contribution >= 0.6 is 0 Å². The number of carbonyl (C=O) groups excluding carboxylic acids is 2. The molecule has 0 bridgehead atoms. The SMILES string of the molecule is C=C(C)C(=O)OF.C=CC(=O)OC. The van der Waals surface area contributed by atoms with Crippen LogP contribution in [0.15, 0.2) is 24.8 Å². The summed E-state index contributed by atoms with van der Waals surface area (Å²) in [5.74, 6) is -1.41. The second kappa shape index (κ2) is 8.45. The van der Waals surface area contributed by atoms with Gasteiger partial charge in [0.15, 0.2) is 0 Å². The minimum absolute atomic E-state index is 0.0579. The first-order chi connectivity index (χ1) is 5.99. The standard InChI is InChI=1S/C4H5FO2.C4H6O2/c1-3(2)4(6)7-5;1-3-4(5)6-2/h1H2,2H3;3H,1H2,2H3. The van der Waals surface area contributed by atoms with E-state index < -0.39 is 11.9 Å². The number of hydrogen-bond acceptors (Lipinski definition) is 4. The molecule has 0 aromatic carbocycles. The van der Waals surface area contributed by atoms with Gasteiger partial charge in [0.25, 0.3) is 0 Å². The zero-order valence-corrected chi connectivity index (χ0v) is 7.50. The average molecular weight is 190 g/mol. The Morgan fingerprint density at radius 1 is 1.46 bits per heavy atom. The fourth-order valence-electron chi connectivity index (χ4n) is 0.149. The van der Waals surface area contributed by atoms with Crippen LogP contribution in [0.5, 0.6) is 0 Å². The quantitative estimate of drug-likeness (QED) is 0.487. The molecule has 0 aromatic rings. The molecule has 0 amide bonds. The fourth-order valence-corrected chi connectivity index (χ4v) is 0.149. The van der Waals surface area contributed by atoms with Crippen LogP contribution in [-0.4, -0.2) is 19.0 Å². The Balaban J connectivity index is 0. The maximum atomic E-state index is 10.7. The first-order valence-electron chi connectivity index (χ1n) is 3.18. The molecule has 0 aliphatic rings. The molecular weight excluding hydrogens is 179 g/mol. The lowest BCUT2D eigenvalue weighted by atomic mass is 10.4. The molecule has 0 aromatic heterocycles. The molecule has 5 heteroatoms. The molecule has 0 N–H and O–H groups in total. The molecule has 4 nitrogen and oxygen atoms in total. The van der Waals surface area contributed by atoms with Gasteiger partial charge in [0.1, 0.15) is 0 Å². The highest BCUT2D eigenvalue weighted by Gasteiger charge is 1.99. The number of esters is 1. The third-order valence-electron chi connectivity index (χ3n) is 0.786. The second-order valence-electron chi connectivity index (χ2n) is 1.87. The van der Waals surface area contributed by atoms with Crippen molar-refractivity contribution in [2.45, 2.75) is 6.92 Å². The summed E-state index contributed by atoms with van der Waals surface area (Å²) in [6.45, 7) is 7.63. The summed E-state index contributed by atoms with van der Waals surface area (Å²) in [5.41, 5.74) is 0.0579. The van der Waals surface area contributed by atoms with Crippen molar-refractivity contribution in [1.82, 2.24) is 0 Å². The van der Waals surface area contributed by atoms with Gasteiger partial charge in [0.2, 0.25) is 0 Å². The summed E-state index contributed by atoms with van der Waals surface area (Å²) in [6.07, 6.45) is 1.11. The van der Waals surface area contributed by atoms with E-state index >= 15 is 0 Å². The minimum atomic E-state index is -1.01. The molecule has 0 aliphatic heterocycles. The molecule has 0 atom stereocenters. The van der Waals surface area contributed by atoms with E-state index in [1.807, 2.05) is 0 Å². The van der Waals surface area contributed by atoms with Crippen molar-refractivity contribution < 1.29 is 23.8 Å². The van der Waals surface area contributed by atoms with Crippen molar-refractivity contribution in [2.24, 2.45) is 0 Å². The zero-order valence-electron chi connectivity index (χ0n) is 7.50. The molecule has 0 radical (unpaired) electrons. The first-order valence-corrected chi connectivity index (χ1v) is 3.18. The van der Waals surface area contributed by atoms with Crippen molar-refractivity contribution in [3.63, 3.8) is 0 Å². The molecule has 13 heavy (non-hydrogen) atoms. The Labute approximate surface area is 75.5 Å². The van der Waals surface area contributed by atoms with Crippen molar-refractivity contribution in [1.29, 1.82) is 0 Å². The van der Waals surface area contributed by atoms with Gasteiger partial charge in [0, 0.05) is 16.2 Å². The van der Waals surface area contributed by atoms with E-state index in [1.54, 1.807) is 0 Å². The van der Waals surface area contributed by atoms with Crippen LogP contribution in [0.25, 0.3) is 0 Å². The first kappa shape index (κ1) is 13.9. The van der Waals surface area contributed by atoms with E-state index in [9.17, 15) is 14.1 Å². The van der Waals surface area contributed by atoms with Gasteiger partial charge in [-0.3, -0.25) is 0 Å². The molecule has 0 rings (SSSR count). The Hall–Kier alpha value is -1.65. The van der Waals surface area contributed by atoms with Crippen LogP contribution in [0.4, 0.5) is 4.53 Å². The second-order valence-corrected chi connectivity index (χ2v) is 1.87. The number of rotatable bonds is 2. The van der Waals surface area contributed by atoms with Crippen LogP contribution in [0.2, 0.25) is 0 Å². The topological polar surface area (TPSA) is 52.6 Å². The minimum Gasteiger partial charge on any atom is -0.466 e. The summed E-state index contributed by atoms with van der Waals surface area (Å²) in [6, 6.07) is 0. The maximum Gasteiger partial charge on any atom is 0.374 e. The Morgan fingerprint density at radius 2 is 1.92 bits per heavy atom. The zero-order chi connectivity index (χ0) is 10.9. The van der Waals surface area contributed by atoms with E-state index in [2.05, 4.69) is 22.8 Å². The predicted molar refractivity (Wildman–Crippen MR) is 44.2 cm³/mol. The summed E-state index contributed by atoms with van der Waals surface area (Å²) in [7, 11) is 1.31. The molecule has 0 heterocycles. The van der Waals surface area contributed by atoms with Crippen LogP contribution in [-0.2, 0) is 19.3 Å². The summed E-state index contributed by atoms with van der Waals surface area (Å²) < 4.78 is 14.9. The number of ether oxygens (including phenoxy) is 1. The lowest BCUT2D eigenvalue weighted by molar-refractivity contribution is -0.178. The van der Waals surface area contributed by atoms with Gasteiger partial charge < -0.3 is 4.74 Å². The highest BCUT2D eigenvalue weighted by Crippen LogP contribution is 1.89. The molecule has 0 unspecified atom stereocenters. The molecule has 0 fully saturated rings. The third-order valence-corrected chi connectivity index (χ3v) is 0.786. The van der Waals surface area contributed by atoms with Crippen molar-refractivity contribution in [2.75, 3.05) is 7.11 Å². The number of carbonyl (C=O) groups is 2.